The molecular formula is C14H30O5Si2. The van der Waals surface area contributed by atoms with E-state index >= 15 is 0 Å². The highest BCUT2D eigenvalue weighted by atomic mass is 28.4. The van der Waals surface area contributed by atoms with E-state index in [1.54, 1.807) is 21.3 Å². The SMILES string of the molecule is CO[Si](CCC1CCC2OC2C1)(OC)OC.[SiH3]CC1CO1. The van der Waals surface area contributed by atoms with Gasteiger partial charge in [-0.05, 0) is 37.6 Å². The Morgan fingerprint density at radius 2 is 1.76 bits per heavy atom. The van der Waals surface area contributed by atoms with Crippen molar-refractivity contribution in [2.45, 2.75) is 56.1 Å². The first-order valence-corrected chi connectivity index (χ1v) is 11.4. The van der Waals surface area contributed by atoms with Crippen LogP contribution >= 0.6 is 0 Å². The zero-order valence-corrected chi connectivity index (χ0v) is 16.8. The van der Waals surface area contributed by atoms with Gasteiger partial charge in [0, 0.05) is 37.6 Å². The predicted octanol–water partition coefficient (Wildman–Crippen LogP) is 0.991. The minimum atomic E-state index is -2.35. The standard InChI is InChI=1S/C11H22O4Si.C3H8OSi/c1-12-16(13-2,14-3)7-6-9-4-5-10-11(8-9)15-10;5-2-3-1-4-3/h9-11H,4-8H2,1-3H3;3H,1-2H2,5H3. The van der Waals surface area contributed by atoms with Gasteiger partial charge in [-0.3, -0.25) is 0 Å². The summed E-state index contributed by atoms with van der Waals surface area (Å²) in [5.41, 5.74) is 0. The van der Waals surface area contributed by atoms with Crippen LogP contribution in [-0.2, 0) is 22.8 Å². The molecule has 0 aromatic carbocycles. The molecule has 3 fully saturated rings. The summed E-state index contributed by atoms with van der Waals surface area (Å²) in [5, 5.41) is 0. The molecule has 2 heterocycles. The second-order valence-corrected chi connectivity index (χ2v) is 10.00. The largest absolute Gasteiger partial charge is 0.500 e. The average molecular weight is 335 g/mol. The lowest BCUT2D eigenvalue weighted by Crippen LogP contribution is -2.43. The lowest BCUT2D eigenvalue weighted by molar-refractivity contribution is 0.120. The summed E-state index contributed by atoms with van der Waals surface area (Å²) in [6.07, 6.45) is 6.70. The minimum Gasteiger partial charge on any atom is -0.377 e. The Kier molecular flexibility index (Phi) is 6.86. The molecule has 0 N–H and O–H groups in total. The van der Waals surface area contributed by atoms with E-state index < -0.39 is 8.80 Å². The third kappa shape index (κ3) is 5.42. The van der Waals surface area contributed by atoms with Crippen LogP contribution in [0, 0.1) is 5.92 Å². The van der Waals surface area contributed by atoms with Gasteiger partial charge in [-0.15, -0.1) is 0 Å². The summed E-state index contributed by atoms with van der Waals surface area (Å²) in [7, 11) is 4.00. The summed E-state index contributed by atoms with van der Waals surface area (Å²) >= 11 is 0. The van der Waals surface area contributed by atoms with Crippen LogP contribution in [0.15, 0.2) is 0 Å². The molecule has 21 heavy (non-hydrogen) atoms. The van der Waals surface area contributed by atoms with Crippen LogP contribution in [0.3, 0.4) is 0 Å². The maximum Gasteiger partial charge on any atom is 0.500 e. The molecular weight excluding hydrogens is 304 g/mol. The molecule has 7 heteroatoms. The van der Waals surface area contributed by atoms with Gasteiger partial charge in [0.05, 0.1) is 24.9 Å². The van der Waals surface area contributed by atoms with Gasteiger partial charge >= 0.3 is 8.80 Å². The first kappa shape index (κ1) is 17.6. The summed E-state index contributed by atoms with van der Waals surface area (Å²) in [6.45, 7) is 1.05. The molecule has 2 aliphatic heterocycles. The van der Waals surface area contributed by atoms with E-state index in [0.717, 1.165) is 25.0 Å². The lowest BCUT2D eigenvalue weighted by Gasteiger charge is -2.27. The molecule has 3 rings (SSSR count). The second kappa shape index (κ2) is 8.19. The zero-order valence-electron chi connectivity index (χ0n) is 13.8. The highest BCUT2D eigenvalue weighted by molar-refractivity contribution is 6.60. The van der Waals surface area contributed by atoms with E-state index in [1.807, 2.05) is 0 Å². The number of ether oxygens (including phenoxy) is 2. The van der Waals surface area contributed by atoms with Crippen LogP contribution in [0.5, 0.6) is 0 Å². The normalized spacial score (nSPS) is 33.9. The Hall–Kier alpha value is 0.234. The van der Waals surface area contributed by atoms with Crippen molar-refractivity contribution in [2.75, 3.05) is 27.9 Å². The fourth-order valence-electron chi connectivity index (χ4n) is 2.99. The molecule has 124 valence electrons. The molecule has 4 unspecified atom stereocenters. The van der Waals surface area contributed by atoms with Crippen LogP contribution < -0.4 is 0 Å². The summed E-state index contributed by atoms with van der Waals surface area (Å²) in [4.78, 5) is 0. The average Bonchev–Trinajstić information content (AvgIpc) is 3.42. The topological polar surface area (TPSA) is 52.8 Å². The molecule has 1 aliphatic carbocycles. The van der Waals surface area contributed by atoms with E-state index in [9.17, 15) is 0 Å². The molecule has 0 amide bonds. The van der Waals surface area contributed by atoms with Crippen LogP contribution in [0.2, 0.25) is 12.1 Å². The van der Waals surface area contributed by atoms with Gasteiger partial charge in [0.1, 0.15) is 0 Å². The molecule has 5 nitrogen and oxygen atoms in total. The maximum atomic E-state index is 5.54. The number of rotatable bonds is 7. The third-order valence-corrected chi connectivity index (χ3v) is 8.44. The van der Waals surface area contributed by atoms with Crippen LogP contribution in [0.25, 0.3) is 0 Å². The van der Waals surface area contributed by atoms with Gasteiger partial charge < -0.3 is 22.8 Å². The monoisotopic (exact) mass is 334 g/mol. The first-order chi connectivity index (χ1) is 10.2. The number of hydrogen-bond acceptors (Lipinski definition) is 5. The van der Waals surface area contributed by atoms with E-state index in [0.29, 0.717) is 18.3 Å². The van der Waals surface area contributed by atoms with Crippen LogP contribution in [-0.4, -0.2) is 65.3 Å². The second-order valence-electron chi connectivity index (χ2n) is 6.09. The van der Waals surface area contributed by atoms with Crippen molar-refractivity contribution >= 4 is 19.0 Å². The molecule has 1 saturated carbocycles. The summed E-state index contributed by atoms with van der Waals surface area (Å²) < 4.78 is 26.7. The van der Waals surface area contributed by atoms with Crippen molar-refractivity contribution in [1.29, 1.82) is 0 Å². The quantitative estimate of drug-likeness (QED) is 0.513. The summed E-state index contributed by atoms with van der Waals surface area (Å²) in [5.74, 6) is 0.760. The Morgan fingerprint density at radius 3 is 2.19 bits per heavy atom. The van der Waals surface area contributed by atoms with Crippen molar-refractivity contribution in [3.05, 3.63) is 0 Å². The van der Waals surface area contributed by atoms with Gasteiger partial charge in [-0.2, -0.15) is 0 Å². The van der Waals surface area contributed by atoms with Crippen molar-refractivity contribution in [1.82, 2.24) is 0 Å². The molecule has 0 bridgehead atoms. The predicted molar refractivity (Wildman–Crippen MR) is 86.7 cm³/mol. The van der Waals surface area contributed by atoms with Gasteiger partial charge in [0.2, 0.25) is 0 Å². The molecule has 4 atom stereocenters. The molecule has 0 aromatic rings. The zero-order chi connectivity index (χ0) is 15.3. The Bertz CT molecular complexity index is 301. The lowest BCUT2D eigenvalue weighted by atomic mass is 9.88. The van der Waals surface area contributed by atoms with E-state index in [1.165, 1.54) is 35.5 Å². The number of epoxide rings is 2. The van der Waals surface area contributed by atoms with Crippen LogP contribution in [0.4, 0.5) is 0 Å². The molecule has 3 aliphatic rings. The summed E-state index contributed by atoms with van der Waals surface area (Å²) in [6, 6.07) is 2.25. The van der Waals surface area contributed by atoms with Crippen molar-refractivity contribution in [3.8, 4) is 0 Å². The van der Waals surface area contributed by atoms with E-state index in [2.05, 4.69) is 0 Å². The molecule has 0 aromatic heterocycles. The van der Waals surface area contributed by atoms with Crippen molar-refractivity contribution in [2.24, 2.45) is 5.92 Å². The Morgan fingerprint density at radius 1 is 1.10 bits per heavy atom. The van der Waals surface area contributed by atoms with Crippen molar-refractivity contribution in [3.63, 3.8) is 0 Å². The maximum absolute atomic E-state index is 5.54. The van der Waals surface area contributed by atoms with Gasteiger partial charge in [-0.25, -0.2) is 0 Å². The number of fused-ring (bicyclic) bond motifs is 1. The highest BCUT2D eigenvalue weighted by Crippen LogP contribution is 2.41. The van der Waals surface area contributed by atoms with E-state index in [4.69, 9.17) is 22.8 Å². The van der Waals surface area contributed by atoms with Crippen molar-refractivity contribution < 1.29 is 22.8 Å². The third-order valence-electron chi connectivity index (χ3n) is 4.76. The smallest absolute Gasteiger partial charge is 0.377 e. The van der Waals surface area contributed by atoms with Crippen LogP contribution in [0.1, 0.15) is 25.7 Å². The molecule has 2 saturated heterocycles. The fraction of sp³-hybridized carbons (Fsp3) is 1.00. The number of hydrogen-bond donors (Lipinski definition) is 0. The Labute approximate surface area is 132 Å². The van der Waals surface area contributed by atoms with Gasteiger partial charge in [0.15, 0.2) is 0 Å². The fourth-order valence-corrected chi connectivity index (χ4v) is 5.34. The highest BCUT2D eigenvalue weighted by Gasteiger charge is 2.45. The van der Waals surface area contributed by atoms with E-state index in [-0.39, 0.29) is 0 Å². The Balaban J connectivity index is 0.000000272. The van der Waals surface area contributed by atoms with Gasteiger partial charge in [-0.1, -0.05) is 0 Å². The first-order valence-electron chi connectivity index (χ1n) is 8.08. The molecule has 0 radical (unpaired) electrons. The minimum absolute atomic E-state index is 0.558. The molecule has 0 spiro atoms. The van der Waals surface area contributed by atoms with Gasteiger partial charge in [0.25, 0.3) is 0 Å².